The molecule has 3 N–H and O–H groups in total. The summed E-state index contributed by atoms with van der Waals surface area (Å²) in [4.78, 5) is 2.20. The Balaban J connectivity index is 2.06. The van der Waals surface area contributed by atoms with Gasteiger partial charge >= 0.3 is 0 Å². The normalized spacial score (nSPS) is 10.8. The van der Waals surface area contributed by atoms with Crippen molar-refractivity contribution in [1.82, 2.24) is 4.90 Å². The molecule has 0 aliphatic carbocycles. The Hall–Kier alpha value is -1.84. The molecular weight excluding hydrogens is 236 g/mol. The summed E-state index contributed by atoms with van der Waals surface area (Å²) >= 11 is 0. The molecule has 0 radical (unpaired) electrons. The monoisotopic (exact) mass is 256 g/mol. The van der Waals surface area contributed by atoms with E-state index in [1.54, 1.807) is 0 Å². The number of anilines is 1. The fraction of sp³-hybridized carbons (Fsp3) is 0.250. The molecule has 0 aliphatic rings. The van der Waals surface area contributed by atoms with Gasteiger partial charge in [0.05, 0.1) is 6.61 Å². The van der Waals surface area contributed by atoms with Crippen LogP contribution >= 0.6 is 0 Å². The van der Waals surface area contributed by atoms with E-state index >= 15 is 0 Å². The molecule has 2 rings (SSSR count). The van der Waals surface area contributed by atoms with Gasteiger partial charge in [0.2, 0.25) is 0 Å². The molecule has 0 aliphatic heterocycles. The van der Waals surface area contributed by atoms with Crippen molar-refractivity contribution >= 4 is 5.69 Å². The summed E-state index contributed by atoms with van der Waals surface area (Å²) < 4.78 is 0. The maximum atomic E-state index is 9.19. The first kappa shape index (κ1) is 13.6. The molecular formula is C16H20N2O. The maximum absolute atomic E-state index is 9.19. The first-order valence-corrected chi connectivity index (χ1v) is 6.50. The smallest absolute Gasteiger partial charge is 0.0558 e. The van der Waals surface area contributed by atoms with Crippen LogP contribution in [0.1, 0.15) is 11.1 Å². The molecule has 3 heteroatoms. The minimum Gasteiger partial charge on any atom is -0.398 e. The Morgan fingerprint density at radius 2 is 1.58 bits per heavy atom. The van der Waals surface area contributed by atoms with E-state index in [4.69, 9.17) is 5.73 Å². The van der Waals surface area contributed by atoms with E-state index in [0.717, 1.165) is 24.3 Å². The lowest BCUT2D eigenvalue weighted by Crippen LogP contribution is -2.26. The largest absolute Gasteiger partial charge is 0.398 e. The zero-order valence-corrected chi connectivity index (χ0v) is 11.0. The highest BCUT2D eigenvalue weighted by Crippen LogP contribution is 2.15. The predicted octanol–water partition coefficient (Wildman–Crippen LogP) is 2.26. The van der Waals surface area contributed by atoms with Crippen molar-refractivity contribution in [3.05, 3.63) is 65.7 Å². The quantitative estimate of drug-likeness (QED) is 0.779. The van der Waals surface area contributed by atoms with E-state index in [2.05, 4.69) is 17.0 Å². The average Bonchev–Trinajstić information content (AvgIpc) is 2.43. The van der Waals surface area contributed by atoms with Crippen LogP contribution in [0.2, 0.25) is 0 Å². The third-order valence-corrected chi connectivity index (χ3v) is 3.11. The lowest BCUT2D eigenvalue weighted by molar-refractivity contribution is 0.184. The predicted molar refractivity (Wildman–Crippen MR) is 78.5 cm³/mol. The van der Waals surface area contributed by atoms with Crippen LogP contribution in [0.3, 0.4) is 0 Å². The number of nitrogens with zero attached hydrogens (tertiary/aromatic N) is 1. The number of aliphatic hydroxyl groups excluding tert-OH is 1. The van der Waals surface area contributed by atoms with Crippen LogP contribution in [0, 0.1) is 0 Å². The van der Waals surface area contributed by atoms with Gasteiger partial charge < -0.3 is 10.8 Å². The molecule has 0 saturated heterocycles. The topological polar surface area (TPSA) is 49.5 Å². The van der Waals surface area contributed by atoms with E-state index in [1.807, 2.05) is 42.5 Å². The Labute approximate surface area is 114 Å². The van der Waals surface area contributed by atoms with E-state index in [0.29, 0.717) is 6.54 Å². The fourth-order valence-electron chi connectivity index (χ4n) is 2.12. The molecule has 0 atom stereocenters. The zero-order chi connectivity index (χ0) is 13.5. The summed E-state index contributed by atoms with van der Waals surface area (Å²) in [5.41, 5.74) is 9.12. The van der Waals surface area contributed by atoms with Crippen LogP contribution in [0.4, 0.5) is 5.69 Å². The van der Waals surface area contributed by atoms with Gasteiger partial charge in [-0.25, -0.2) is 0 Å². The number of nitrogens with two attached hydrogens (primary N) is 1. The van der Waals surface area contributed by atoms with Crippen molar-refractivity contribution < 1.29 is 5.11 Å². The third kappa shape index (κ3) is 4.09. The number of nitrogen functional groups attached to an aromatic ring is 1. The number of rotatable bonds is 6. The fourth-order valence-corrected chi connectivity index (χ4v) is 2.12. The SMILES string of the molecule is Nc1ccccc1CN(CCO)Cc1ccccc1. The highest BCUT2D eigenvalue weighted by atomic mass is 16.3. The molecule has 0 aromatic heterocycles. The first-order valence-electron chi connectivity index (χ1n) is 6.50. The van der Waals surface area contributed by atoms with E-state index < -0.39 is 0 Å². The lowest BCUT2D eigenvalue weighted by atomic mass is 10.1. The van der Waals surface area contributed by atoms with E-state index in [1.165, 1.54) is 5.56 Å². The van der Waals surface area contributed by atoms with Crippen LogP contribution in [0.15, 0.2) is 54.6 Å². The summed E-state index contributed by atoms with van der Waals surface area (Å²) in [6.07, 6.45) is 0. The van der Waals surface area contributed by atoms with Crippen LogP contribution in [-0.2, 0) is 13.1 Å². The minimum atomic E-state index is 0.152. The molecule has 0 bridgehead atoms. The Bertz CT molecular complexity index is 499. The second-order valence-electron chi connectivity index (χ2n) is 4.62. The second-order valence-corrected chi connectivity index (χ2v) is 4.62. The van der Waals surface area contributed by atoms with Crippen molar-refractivity contribution in [2.75, 3.05) is 18.9 Å². The van der Waals surface area contributed by atoms with Gasteiger partial charge in [-0.3, -0.25) is 4.90 Å². The summed E-state index contributed by atoms with van der Waals surface area (Å²) in [5, 5.41) is 9.19. The number of aliphatic hydroxyl groups is 1. The van der Waals surface area contributed by atoms with Gasteiger partial charge in [0.15, 0.2) is 0 Å². The van der Waals surface area contributed by atoms with Crippen LogP contribution in [0.5, 0.6) is 0 Å². The van der Waals surface area contributed by atoms with Crippen molar-refractivity contribution in [2.24, 2.45) is 0 Å². The Kier molecular flexibility index (Phi) is 4.95. The molecule has 0 amide bonds. The standard InChI is InChI=1S/C16H20N2O/c17-16-9-5-4-8-15(16)13-18(10-11-19)12-14-6-2-1-3-7-14/h1-9,19H,10-13,17H2. The molecule has 100 valence electrons. The van der Waals surface area contributed by atoms with Crippen LogP contribution in [0.25, 0.3) is 0 Å². The molecule has 0 unspecified atom stereocenters. The lowest BCUT2D eigenvalue weighted by Gasteiger charge is -2.22. The van der Waals surface area contributed by atoms with Crippen molar-refractivity contribution in [3.63, 3.8) is 0 Å². The number of para-hydroxylation sites is 1. The van der Waals surface area contributed by atoms with Crippen molar-refractivity contribution in [2.45, 2.75) is 13.1 Å². The summed E-state index contributed by atoms with van der Waals surface area (Å²) in [6, 6.07) is 18.1. The average molecular weight is 256 g/mol. The van der Waals surface area contributed by atoms with Gasteiger partial charge in [0.25, 0.3) is 0 Å². The van der Waals surface area contributed by atoms with Gasteiger partial charge in [0.1, 0.15) is 0 Å². The molecule has 0 heterocycles. The summed E-state index contributed by atoms with van der Waals surface area (Å²) in [5.74, 6) is 0. The zero-order valence-electron chi connectivity index (χ0n) is 11.0. The molecule has 0 saturated carbocycles. The van der Waals surface area contributed by atoms with Crippen molar-refractivity contribution in [3.8, 4) is 0 Å². The van der Waals surface area contributed by atoms with Gasteiger partial charge in [-0.1, -0.05) is 48.5 Å². The highest BCUT2D eigenvalue weighted by Gasteiger charge is 2.08. The van der Waals surface area contributed by atoms with Crippen LogP contribution in [-0.4, -0.2) is 23.2 Å². The van der Waals surface area contributed by atoms with Gasteiger partial charge in [0, 0.05) is 25.3 Å². The highest BCUT2D eigenvalue weighted by molar-refractivity contribution is 5.46. The van der Waals surface area contributed by atoms with Gasteiger partial charge in [-0.2, -0.15) is 0 Å². The molecule has 0 fully saturated rings. The van der Waals surface area contributed by atoms with Crippen LogP contribution < -0.4 is 5.73 Å². The number of hydrogen-bond acceptors (Lipinski definition) is 3. The summed E-state index contributed by atoms with van der Waals surface area (Å²) in [7, 11) is 0. The van der Waals surface area contributed by atoms with Gasteiger partial charge in [-0.05, 0) is 17.2 Å². The minimum absolute atomic E-state index is 0.152. The van der Waals surface area contributed by atoms with E-state index in [-0.39, 0.29) is 6.61 Å². The maximum Gasteiger partial charge on any atom is 0.0558 e. The molecule has 2 aromatic rings. The molecule has 3 nitrogen and oxygen atoms in total. The first-order chi connectivity index (χ1) is 9.29. The number of benzene rings is 2. The number of hydrogen-bond donors (Lipinski definition) is 2. The van der Waals surface area contributed by atoms with Crippen molar-refractivity contribution in [1.29, 1.82) is 0 Å². The molecule has 0 spiro atoms. The second kappa shape index (κ2) is 6.92. The molecule has 19 heavy (non-hydrogen) atoms. The van der Waals surface area contributed by atoms with Gasteiger partial charge in [-0.15, -0.1) is 0 Å². The molecule has 2 aromatic carbocycles. The summed E-state index contributed by atoms with van der Waals surface area (Å²) in [6.45, 7) is 2.36. The third-order valence-electron chi connectivity index (χ3n) is 3.11. The Morgan fingerprint density at radius 3 is 2.26 bits per heavy atom. The van der Waals surface area contributed by atoms with E-state index in [9.17, 15) is 5.11 Å². The Morgan fingerprint density at radius 1 is 0.895 bits per heavy atom.